The van der Waals surface area contributed by atoms with Crippen molar-refractivity contribution in [2.45, 2.75) is 39.8 Å². The topological polar surface area (TPSA) is 62.2 Å². The summed E-state index contributed by atoms with van der Waals surface area (Å²) in [4.78, 5) is 15.5. The molecule has 2 aromatic rings. The molecule has 0 amide bonds. The summed E-state index contributed by atoms with van der Waals surface area (Å²) >= 11 is 1.85. The highest BCUT2D eigenvalue weighted by Crippen LogP contribution is 2.16. The fourth-order valence-corrected chi connectivity index (χ4v) is 3.17. The van der Waals surface area contributed by atoms with E-state index in [1.807, 2.05) is 24.3 Å². The lowest BCUT2D eigenvalue weighted by molar-refractivity contribution is 0.643. The molecule has 1 unspecified atom stereocenters. The minimum atomic E-state index is 0.316. The first-order chi connectivity index (χ1) is 10.6. The van der Waals surface area contributed by atoms with Crippen LogP contribution < -0.4 is 10.6 Å². The highest BCUT2D eigenvalue weighted by molar-refractivity contribution is 7.11. The third kappa shape index (κ3) is 5.11. The Kier molecular flexibility index (Phi) is 5.89. The third-order valence-electron chi connectivity index (χ3n) is 3.18. The zero-order chi connectivity index (χ0) is 15.9. The smallest absolute Gasteiger partial charge is 0.191 e. The van der Waals surface area contributed by atoms with E-state index in [0.29, 0.717) is 12.6 Å². The van der Waals surface area contributed by atoms with Crippen molar-refractivity contribution >= 4 is 17.3 Å². The van der Waals surface area contributed by atoms with E-state index in [2.05, 4.69) is 51.6 Å². The van der Waals surface area contributed by atoms with Crippen molar-refractivity contribution in [1.29, 1.82) is 0 Å². The molecule has 22 heavy (non-hydrogen) atoms. The zero-order valence-corrected chi connectivity index (χ0v) is 14.4. The Balaban J connectivity index is 1.84. The molecule has 0 saturated heterocycles. The second-order valence-corrected chi connectivity index (χ2v) is 6.66. The quantitative estimate of drug-likeness (QED) is 0.657. The molecule has 0 radical (unpaired) electrons. The van der Waals surface area contributed by atoms with Crippen molar-refractivity contribution in [2.75, 3.05) is 7.05 Å². The summed E-state index contributed by atoms with van der Waals surface area (Å²) in [6, 6.07) is 6.58. The normalized spacial score (nSPS) is 13.0. The van der Waals surface area contributed by atoms with Crippen molar-refractivity contribution in [3.63, 3.8) is 0 Å². The van der Waals surface area contributed by atoms with Gasteiger partial charge in [-0.3, -0.25) is 4.99 Å². The molecule has 0 fully saturated rings. The van der Waals surface area contributed by atoms with Crippen LogP contribution in [0, 0.1) is 13.8 Å². The molecule has 0 saturated carbocycles. The van der Waals surface area contributed by atoms with Gasteiger partial charge >= 0.3 is 0 Å². The number of aromatic nitrogens is 2. The summed E-state index contributed by atoms with van der Waals surface area (Å²) in [5.41, 5.74) is 0.956. The molecule has 118 valence electrons. The Morgan fingerprint density at radius 3 is 2.77 bits per heavy atom. The summed E-state index contributed by atoms with van der Waals surface area (Å²) in [5.74, 6) is 1.57. The number of nitrogens with one attached hydrogen (secondary N) is 2. The molecule has 0 aromatic carbocycles. The molecule has 2 N–H and O–H groups in total. The minimum Gasteiger partial charge on any atom is -0.354 e. The van der Waals surface area contributed by atoms with Gasteiger partial charge in [0, 0.05) is 35.5 Å². The summed E-state index contributed by atoms with van der Waals surface area (Å²) < 4.78 is 0. The van der Waals surface area contributed by atoms with Gasteiger partial charge in [0.15, 0.2) is 5.96 Å². The fourth-order valence-electron chi connectivity index (χ4n) is 2.15. The molecule has 6 heteroatoms. The summed E-state index contributed by atoms with van der Waals surface area (Å²) in [7, 11) is 1.78. The summed E-state index contributed by atoms with van der Waals surface area (Å²) in [5, 5.41) is 6.70. The Hall–Kier alpha value is -1.95. The first-order valence-electron chi connectivity index (χ1n) is 7.38. The Bertz CT molecular complexity index is 635. The molecular formula is C16H23N5S. The van der Waals surface area contributed by atoms with E-state index in [-0.39, 0.29) is 0 Å². The molecule has 5 nitrogen and oxygen atoms in total. The van der Waals surface area contributed by atoms with E-state index in [0.717, 1.165) is 23.9 Å². The molecule has 0 spiro atoms. The first-order valence-corrected chi connectivity index (χ1v) is 8.19. The molecule has 2 aromatic heterocycles. The molecule has 0 aliphatic heterocycles. The van der Waals surface area contributed by atoms with Gasteiger partial charge in [0.25, 0.3) is 0 Å². The van der Waals surface area contributed by atoms with Crippen LogP contribution in [-0.2, 0) is 13.0 Å². The van der Waals surface area contributed by atoms with Crippen LogP contribution in [0.3, 0.4) is 0 Å². The van der Waals surface area contributed by atoms with Crippen molar-refractivity contribution < 1.29 is 0 Å². The minimum absolute atomic E-state index is 0.316. The second-order valence-electron chi connectivity index (χ2n) is 5.28. The standard InChI is InChI=1S/C16H23N5S/c1-11(9-15-6-5-12(2)22-15)20-16(17-4)19-10-14-7-8-18-13(3)21-14/h5-8,11H,9-10H2,1-4H3,(H2,17,19,20). The summed E-state index contributed by atoms with van der Waals surface area (Å²) in [6.45, 7) is 6.82. The number of thiophene rings is 1. The number of aliphatic imine (C=N–C) groups is 1. The molecule has 0 bridgehead atoms. The Morgan fingerprint density at radius 2 is 2.14 bits per heavy atom. The van der Waals surface area contributed by atoms with Crippen LogP contribution in [0.2, 0.25) is 0 Å². The van der Waals surface area contributed by atoms with Crippen LogP contribution in [0.15, 0.2) is 29.4 Å². The van der Waals surface area contributed by atoms with Gasteiger partial charge in [0.05, 0.1) is 12.2 Å². The number of nitrogens with zero attached hydrogens (tertiary/aromatic N) is 3. The lowest BCUT2D eigenvalue weighted by atomic mass is 10.2. The van der Waals surface area contributed by atoms with Crippen molar-refractivity contribution in [3.05, 3.63) is 45.7 Å². The lowest BCUT2D eigenvalue weighted by Crippen LogP contribution is -2.42. The monoisotopic (exact) mass is 317 g/mol. The van der Waals surface area contributed by atoms with Crippen LogP contribution >= 0.6 is 11.3 Å². The van der Waals surface area contributed by atoms with E-state index in [4.69, 9.17) is 0 Å². The van der Waals surface area contributed by atoms with Crippen LogP contribution in [0.1, 0.15) is 28.2 Å². The molecule has 2 heterocycles. The first kappa shape index (κ1) is 16.4. The van der Waals surface area contributed by atoms with Crippen molar-refractivity contribution in [2.24, 2.45) is 4.99 Å². The largest absolute Gasteiger partial charge is 0.354 e. The van der Waals surface area contributed by atoms with Gasteiger partial charge in [-0.05, 0) is 39.0 Å². The predicted molar refractivity (Wildman–Crippen MR) is 92.3 cm³/mol. The van der Waals surface area contributed by atoms with E-state index < -0.39 is 0 Å². The second kappa shape index (κ2) is 7.89. The van der Waals surface area contributed by atoms with E-state index in [1.54, 1.807) is 13.2 Å². The van der Waals surface area contributed by atoms with Gasteiger partial charge in [-0.15, -0.1) is 11.3 Å². The van der Waals surface area contributed by atoms with Crippen molar-refractivity contribution in [1.82, 2.24) is 20.6 Å². The van der Waals surface area contributed by atoms with Gasteiger partial charge in [-0.1, -0.05) is 0 Å². The molecule has 0 aliphatic rings. The van der Waals surface area contributed by atoms with E-state index in [9.17, 15) is 0 Å². The van der Waals surface area contributed by atoms with E-state index in [1.165, 1.54) is 9.75 Å². The molecular weight excluding hydrogens is 294 g/mol. The SMILES string of the molecule is CN=C(NCc1ccnc(C)n1)NC(C)Cc1ccc(C)s1. The maximum Gasteiger partial charge on any atom is 0.191 e. The fraction of sp³-hybridized carbons (Fsp3) is 0.438. The van der Waals surface area contributed by atoms with Gasteiger partial charge in [-0.2, -0.15) is 0 Å². The zero-order valence-electron chi connectivity index (χ0n) is 13.6. The number of hydrogen-bond donors (Lipinski definition) is 2. The summed E-state index contributed by atoms with van der Waals surface area (Å²) in [6.07, 6.45) is 2.77. The third-order valence-corrected chi connectivity index (χ3v) is 4.20. The van der Waals surface area contributed by atoms with E-state index >= 15 is 0 Å². The van der Waals surface area contributed by atoms with Crippen LogP contribution in [0.4, 0.5) is 0 Å². The van der Waals surface area contributed by atoms with Gasteiger partial charge in [0.2, 0.25) is 0 Å². The molecule has 2 rings (SSSR count). The van der Waals surface area contributed by atoms with Crippen LogP contribution in [0.5, 0.6) is 0 Å². The van der Waals surface area contributed by atoms with Crippen LogP contribution in [0.25, 0.3) is 0 Å². The molecule has 0 aliphatic carbocycles. The van der Waals surface area contributed by atoms with Gasteiger partial charge in [0.1, 0.15) is 5.82 Å². The van der Waals surface area contributed by atoms with Gasteiger partial charge in [-0.25, -0.2) is 9.97 Å². The average molecular weight is 317 g/mol. The predicted octanol–water partition coefficient (Wildman–Crippen LogP) is 2.45. The van der Waals surface area contributed by atoms with Gasteiger partial charge < -0.3 is 10.6 Å². The number of hydrogen-bond acceptors (Lipinski definition) is 4. The van der Waals surface area contributed by atoms with Crippen molar-refractivity contribution in [3.8, 4) is 0 Å². The Morgan fingerprint density at radius 1 is 1.32 bits per heavy atom. The average Bonchev–Trinajstić information content (AvgIpc) is 2.88. The highest BCUT2D eigenvalue weighted by Gasteiger charge is 2.08. The maximum atomic E-state index is 4.37. The maximum absolute atomic E-state index is 4.37. The highest BCUT2D eigenvalue weighted by atomic mass is 32.1. The molecule has 1 atom stereocenters. The number of rotatable bonds is 5. The van der Waals surface area contributed by atoms with Crippen LogP contribution in [-0.4, -0.2) is 29.0 Å². The lowest BCUT2D eigenvalue weighted by Gasteiger charge is -2.17. The number of aryl methyl sites for hydroxylation is 2. The number of guanidine groups is 1. The Labute approximate surface area is 135 Å².